The molecule has 0 aliphatic rings. The van der Waals surface area contributed by atoms with Crippen LogP contribution in [0.3, 0.4) is 0 Å². The normalized spacial score (nSPS) is 11.4. The molecule has 1 heterocycles. The minimum atomic E-state index is -4.54. The molecule has 2 aromatic carbocycles. The van der Waals surface area contributed by atoms with Gasteiger partial charge in [-0.2, -0.15) is 13.2 Å². The molecule has 5 nitrogen and oxygen atoms in total. The zero-order valence-corrected chi connectivity index (χ0v) is 13.6. The number of amides is 2. The van der Waals surface area contributed by atoms with E-state index in [0.29, 0.717) is 16.6 Å². The molecule has 0 aliphatic heterocycles. The average molecular weight is 361 g/mol. The van der Waals surface area contributed by atoms with Gasteiger partial charge in [0.05, 0.1) is 11.3 Å². The molecule has 0 radical (unpaired) electrons. The van der Waals surface area contributed by atoms with Gasteiger partial charge in [0.1, 0.15) is 0 Å². The Balaban J connectivity index is 1.76. The van der Waals surface area contributed by atoms with Crippen LogP contribution in [0.1, 0.15) is 11.1 Å². The third-order valence-corrected chi connectivity index (χ3v) is 3.71. The van der Waals surface area contributed by atoms with Gasteiger partial charge in [-0.3, -0.25) is 9.59 Å². The Morgan fingerprint density at radius 2 is 1.69 bits per heavy atom. The van der Waals surface area contributed by atoms with Crippen LogP contribution in [0.15, 0.2) is 48.7 Å². The van der Waals surface area contributed by atoms with Gasteiger partial charge in [0.15, 0.2) is 0 Å². The Labute approximate surface area is 146 Å². The number of aromatic amines is 1. The number of aromatic nitrogens is 1. The fourth-order valence-corrected chi connectivity index (χ4v) is 2.56. The lowest BCUT2D eigenvalue weighted by Gasteiger charge is -2.11. The van der Waals surface area contributed by atoms with E-state index in [2.05, 4.69) is 15.6 Å². The molecular weight excluding hydrogens is 347 g/mol. The molecule has 0 bridgehead atoms. The maximum atomic E-state index is 12.8. The van der Waals surface area contributed by atoms with E-state index in [1.165, 1.54) is 19.2 Å². The number of halogens is 3. The van der Waals surface area contributed by atoms with Gasteiger partial charge in [0, 0.05) is 22.8 Å². The first kappa shape index (κ1) is 17.5. The Morgan fingerprint density at radius 1 is 1.00 bits per heavy atom. The number of aryl methyl sites for hydroxylation is 1. The van der Waals surface area contributed by atoms with E-state index < -0.39 is 23.6 Å². The minimum Gasteiger partial charge on any atom is -0.359 e. The molecule has 26 heavy (non-hydrogen) atoms. The number of carbonyl (C=O) groups excluding carboxylic acids is 2. The quantitative estimate of drug-likeness (QED) is 0.602. The van der Waals surface area contributed by atoms with Crippen molar-refractivity contribution in [3.05, 3.63) is 59.8 Å². The van der Waals surface area contributed by atoms with Crippen molar-refractivity contribution in [1.82, 2.24) is 4.98 Å². The molecule has 3 aromatic rings. The number of rotatable bonds is 2. The number of alkyl halides is 3. The summed E-state index contributed by atoms with van der Waals surface area (Å²) in [6.07, 6.45) is -3.01. The summed E-state index contributed by atoms with van der Waals surface area (Å²) in [5.41, 5.74) is 0.492. The van der Waals surface area contributed by atoms with E-state index in [1.54, 1.807) is 18.2 Å². The van der Waals surface area contributed by atoms with Gasteiger partial charge in [-0.25, -0.2) is 0 Å². The van der Waals surface area contributed by atoms with Gasteiger partial charge < -0.3 is 15.6 Å². The molecule has 1 aromatic heterocycles. The smallest absolute Gasteiger partial charge is 0.359 e. The predicted molar refractivity (Wildman–Crippen MR) is 91.7 cm³/mol. The van der Waals surface area contributed by atoms with Crippen molar-refractivity contribution in [3.8, 4) is 0 Å². The molecule has 2 amide bonds. The van der Waals surface area contributed by atoms with Crippen molar-refractivity contribution in [2.45, 2.75) is 13.1 Å². The summed E-state index contributed by atoms with van der Waals surface area (Å²) in [5, 5.41) is 5.35. The SMILES string of the molecule is Cc1cc(NC(=O)C(=O)Nc2c[nH]c3ccccc23)cc(C(F)(F)F)c1. The second-order valence-electron chi connectivity index (χ2n) is 5.74. The van der Waals surface area contributed by atoms with Gasteiger partial charge in [-0.1, -0.05) is 18.2 Å². The number of benzene rings is 2. The lowest BCUT2D eigenvalue weighted by molar-refractivity contribution is -0.137. The van der Waals surface area contributed by atoms with Crippen LogP contribution in [-0.4, -0.2) is 16.8 Å². The molecule has 134 valence electrons. The highest BCUT2D eigenvalue weighted by Crippen LogP contribution is 2.32. The third kappa shape index (κ3) is 3.69. The van der Waals surface area contributed by atoms with Gasteiger partial charge in [0.25, 0.3) is 0 Å². The number of hydrogen-bond donors (Lipinski definition) is 3. The number of H-pyrrole nitrogens is 1. The molecule has 0 saturated carbocycles. The van der Waals surface area contributed by atoms with Crippen molar-refractivity contribution < 1.29 is 22.8 Å². The highest BCUT2D eigenvalue weighted by atomic mass is 19.4. The largest absolute Gasteiger partial charge is 0.416 e. The van der Waals surface area contributed by atoms with Gasteiger partial charge >= 0.3 is 18.0 Å². The first-order valence-corrected chi connectivity index (χ1v) is 7.61. The van der Waals surface area contributed by atoms with Crippen molar-refractivity contribution >= 4 is 34.1 Å². The van der Waals surface area contributed by atoms with E-state index in [-0.39, 0.29) is 5.69 Å². The summed E-state index contributed by atoms with van der Waals surface area (Å²) in [6, 6.07) is 10.2. The van der Waals surface area contributed by atoms with Crippen LogP contribution in [0.2, 0.25) is 0 Å². The van der Waals surface area contributed by atoms with Crippen LogP contribution >= 0.6 is 0 Å². The summed E-state index contributed by atoms with van der Waals surface area (Å²) < 4.78 is 38.5. The highest BCUT2D eigenvalue weighted by Gasteiger charge is 2.31. The van der Waals surface area contributed by atoms with E-state index in [4.69, 9.17) is 0 Å². The zero-order chi connectivity index (χ0) is 18.9. The fourth-order valence-electron chi connectivity index (χ4n) is 2.56. The summed E-state index contributed by atoms with van der Waals surface area (Å²) in [6.45, 7) is 1.47. The molecule has 3 rings (SSSR count). The molecule has 0 atom stereocenters. The molecule has 3 N–H and O–H groups in total. The Kier molecular flexibility index (Phi) is 4.41. The number of nitrogens with one attached hydrogen (secondary N) is 3. The summed E-state index contributed by atoms with van der Waals surface area (Å²) in [7, 11) is 0. The van der Waals surface area contributed by atoms with Gasteiger partial charge in [-0.15, -0.1) is 0 Å². The van der Waals surface area contributed by atoms with Crippen LogP contribution in [0.4, 0.5) is 24.5 Å². The monoisotopic (exact) mass is 361 g/mol. The van der Waals surface area contributed by atoms with Crippen molar-refractivity contribution in [1.29, 1.82) is 0 Å². The predicted octanol–water partition coefficient (Wildman–Crippen LogP) is 4.07. The molecule has 8 heteroatoms. The van der Waals surface area contributed by atoms with Crippen molar-refractivity contribution in [2.24, 2.45) is 0 Å². The molecule has 0 unspecified atom stereocenters. The number of carbonyl (C=O) groups is 2. The van der Waals surface area contributed by atoms with Gasteiger partial charge in [0.2, 0.25) is 0 Å². The van der Waals surface area contributed by atoms with Crippen LogP contribution in [0.5, 0.6) is 0 Å². The number of anilines is 2. The summed E-state index contributed by atoms with van der Waals surface area (Å²) in [4.78, 5) is 27.0. The Hall–Kier alpha value is -3.29. The molecule has 0 saturated heterocycles. The molecule has 0 aliphatic carbocycles. The minimum absolute atomic E-state index is 0.101. The highest BCUT2D eigenvalue weighted by molar-refractivity contribution is 6.44. The second-order valence-corrected chi connectivity index (χ2v) is 5.74. The van der Waals surface area contributed by atoms with E-state index in [1.807, 2.05) is 6.07 Å². The maximum absolute atomic E-state index is 12.8. The zero-order valence-electron chi connectivity index (χ0n) is 13.6. The van der Waals surface area contributed by atoms with Crippen LogP contribution in [0, 0.1) is 6.92 Å². The standard InChI is InChI=1S/C18H14F3N3O2/c1-10-6-11(18(19,20)21)8-12(7-10)23-16(25)17(26)24-15-9-22-14-5-3-2-4-13(14)15/h2-9,22H,1H3,(H,23,25)(H,24,26). The topological polar surface area (TPSA) is 74.0 Å². The fraction of sp³-hybridized carbons (Fsp3) is 0.111. The Bertz CT molecular complexity index is 993. The van der Waals surface area contributed by atoms with E-state index >= 15 is 0 Å². The number of fused-ring (bicyclic) bond motifs is 1. The molecular formula is C18H14F3N3O2. The van der Waals surface area contributed by atoms with Crippen molar-refractivity contribution in [2.75, 3.05) is 10.6 Å². The van der Waals surface area contributed by atoms with E-state index in [9.17, 15) is 22.8 Å². The first-order valence-electron chi connectivity index (χ1n) is 7.61. The van der Waals surface area contributed by atoms with Gasteiger partial charge in [-0.05, 0) is 36.8 Å². The van der Waals surface area contributed by atoms with Crippen LogP contribution < -0.4 is 10.6 Å². The third-order valence-electron chi connectivity index (χ3n) is 3.71. The lowest BCUT2D eigenvalue weighted by atomic mass is 10.1. The molecule has 0 spiro atoms. The Morgan fingerprint density at radius 3 is 2.42 bits per heavy atom. The first-order chi connectivity index (χ1) is 12.2. The van der Waals surface area contributed by atoms with Crippen molar-refractivity contribution in [3.63, 3.8) is 0 Å². The van der Waals surface area contributed by atoms with Crippen LogP contribution in [0.25, 0.3) is 10.9 Å². The number of hydrogen-bond acceptors (Lipinski definition) is 2. The second kappa shape index (κ2) is 6.55. The summed E-state index contributed by atoms with van der Waals surface area (Å²) in [5.74, 6) is -2.04. The molecule has 0 fully saturated rings. The number of para-hydroxylation sites is 1. The lowest BCUT2D eigenvalue weighted by Crippen LogP contribution is -2.29. The van der Waals surface area contributed by atoms with Crippen LogP contribution in [-0.2, 0) is 15.8 Å². The summed E-state index contributed by atoms with van der Waals surface area (Å²) >= 11 is 0. The average Bonchev–Trinajstić information content (AvgIpc) is 2.96. The maximum Gasteiger partial charge on any atom is 0.416 e. The van der Waals surface area contributed by atoms with E-state index in [0.717, 1.165) is 17.6 Å².